The highest BCUT2D eigenvalue weighted by molar-refractivity contribution is 7.99. The van der Waals surface area contributed by atoms with Crippen molar-refractivity contribution in [2.75, 3.05) is 5.75 Å². The molecule has 1 amide bonds. The molecule has 2 aliphatic rings. The van der Waals surface area contributed by atoms with E-state index in [1.807, 2.05) is 0 Å². The van der Waals surface area contributed by atoms with Gasteiger partial charge in [-0.05, 0) is 37.8 Å². The quantitative estimate of drug-likeness (QED) is 0.814. The van der Waals surface area contributed by atoms with Crippen molar-refractivity contribution in [3.63, 3.8) is 0 Å². The highest BCUT2D eigenvalue weighted by atomic mass is 32.2. The molecule has 1 aliphatic carbocycles. The summed E-state index contributed by atoms with van der Waals surface area (Å²) in [6, 6.07) is 3.30. The summed E-state index contributed by atoms with van der Waals surface area (Å²) in [6.07, 6.45) is 3.67. The van der Waals surface area contributed by atoms with E-state index in [0.29, 0.717) is 10.9 Å². The van der Waals surface area contributed by atoms with Crippen LogP contribution in [0, 0.1) is 11.6 Å². The maximum absolute atomic E-state index is 13.7. The normalized spacial score (nSPS) is 18.1. The number of hydrogen-bond donors (Lipinski definition) is 1. The summed E-state index contributed by atoms with van der Waals surface area (Å²) < 4.78 is 29.0. The topological polar surface area (TPSA) is 64.0 Å². The van der Waals surface area contributed by atoms with Gasteiger partial charge in [0.1, 0.15) is 11.6 Å². The first-order chi connectivity index (χ1) is 13.0. The van der Waals surface area contributed by atoms with Gasteiger partial charge < -0.3 is 5.32 Å². The van der Waals surface area contributed by atoms with Crippen molar-refractivity contribution in [2.45, 2.75) is 49.8 Å². The van der Waals surface area contributed by atoms with E-state index in [2.05, 4.69) is 10.3 Å². The summed E-state index contributed by atoms with van der Waals surface area (Å²) in [7, 11) is 0. The lowest BCUT2D eigenvalue weighted by Gasteiger charge is -2.18. The van der Waals surface area contributed by atoms with Crippen LogP contribution in [-0.4, -0.2) is 21.2 Å². The molecule has 0 radical (unpaired) electrons. The van der Waals surface area contributed by atoms with Gasteiger partial charge in [-0.15, -0.1) is 0 Å². The molecular weight excluding hydrogens is 372 g/mol. The second kappa shape index (κ2) is 7.42. The van der Waals surface area contributed by atoms with Crippen LogP contribution in [0.25, 0.3) is 0 Å². The summed E-state index contributed by atoms with van der Waals surface area (Å²) in [5.74, 6) is -1.14. The Hall–Kier alpha value is -2.22. The molecule has 0 saturated carbocycles. The summed E-state index contributed by atoms with van der Waals surface area (Å²) >= 11 is 1.48. The molecule has 5 nitrogen and oxygen atoms in total. The van der Waals surface area contributed by atoms with Gasteiger partial charge in [-0.2, -0.15) is 0 Å². The van der Waals surface area contributed by atoms with Crippen molar-refractivity contribution < 1.29 is 13.6 Å². The SMILES string of the molecule is O=C(CC1CSc2nc3c(c(=O)n21)CCCC3)NCc1c(F)cccc1F. The Labute approximate surface area is 159 Å². The zero-order chi connectivity index (χ0) is 19.0. The molecule has 1 aliphatic heterocycles. The van der Waals surface area contributed by atoms with Crippen LogP contribution in [-0.2, 0) is 24.2 Å². The molecule has 8 heteroatoms. The summed E-state index contributed by atoms with van der Waals surface area (Å²) in [4.78, 5) is 29.8. The number of fused-ring (bicyclic) bond motifs is 2. The molecule has 2 heterocycles. The number of nitrogens with zero attached hydrogens (tertiary/aromatic N) is 2. The molecule has 0 spiro atoms. The number of hydrogen-bond acceptors (Lipinski definition) is 4. The fourth-order valence-electron chi connectivity index (χ4n) is 3.64. The Bertz CT molecular complexity index is 940. The molecule has 2 aromatic rings. The van der Waals surface area contributed by atoms with Crippen LogP contribution in [0.4, 0.5) is 8.78 Å². The van der Waals surface area contributed by atoms with Crippen LogP contribution in [0.1, 0.15) is 42.1 Å². The lowest BCUT2D eigenvalue weighted by atomic mass is 9.97. The monoisotopic (exact) mass is 391 g/mol. The van der Waals surface area contributed by atoms with E-state index in [1.165, 1.54) is 17.8 Å². The van der Waals surface area contributed by atoms with Crippen molar-refractivity contribution in [1.82, 2.24) is 14.9 Å². The molecule has 0 bridgehead atoms. The van der Waals surface area contributed by atoms with Gasteiger partial charge in [0.15, 0.2) is 5.16 Å². The Morgan fingerprint density at radius 2 is 2.00 bits per heavy atom. The molecule has 1 unspecified atom stereocenters. The molecule has 1 aromatic heterocycles. The standard InChI is InChI=1S/C19H19F2N3O2S/c20-14-5-3-6-15(21)13(14)9-22-17(25)8-11-10-27-19-23-16-7-2-1-4-12(16)18(26)24(11)19/h3,5-6,11H,1-2,4,7-10H2,(H,22,25). The van der Waals surface area contributed by atoms with Crippen molar-refractivity contribution in [3.05, 3.63) is 57.0 Å². The smallest absolute Gasteiger partial charge is 0.257 e. The largest absolute Gasteiger partial charge is 0.352 e. The van der Waals surface area contributed by atoms with Crippen LogP contribution in [0.3, 0.4) is 0 Å². The number of benzene rings is 1. The number of aromatic nitrogens is 2. The van der Waals surface area contributed by atoms with E-state index in [9.17, 15) is 18.4 Å². The lowest BCUT2D eigenvalue weighted by molar-refractivity contribution is -0.121. The first kappa shape index (κ1) is 18.2. The minimum atomic E-state index is -0.691. The van der Waals surface area contributed by atoms with Crippen molar-refractivity contribution in [2.24, 2.45) is 0 Å². The number of carbonyl (C=O) groups excluding carboxylic acids is 1. The summed E-state index contributed by atoms with van der Waals surface area (Å²) in [6.45, 7) is -0.221. The zero-order valence-corrected chi connectivity index (χ0v) is 15.5. The second-order valence-corrected chi connectivity index (χ2v) is 7.83. The molecule has 0 fully saturated rings. The number of halogens is 2. The average Bonchev–Trinajstić information content (AvgIpc) is 3.04. The molecule has 142 valence electrons. The molecule has 0 saturated heterocycles. The van der Waals surface area contributed by atoms with E-state index in [4.69, 9.17) is 0 Å². The molecular formula is C19H19F2N3O2S. The van der Waals surface area contributed by atoms with Crippen LogP contribution < -0.4 is 10.9 Å². The maximum atomic E-state index is 13.7. The Morgan fingerprint density at radius 1 is 1.26 bits per heavy atom. The van der Waals surface area contributed by atoms with Crippen molar-refractivity contribution >= 4 is 17.7 Å². The third-order valence-electron chi connectivity index (χ3n) is 5.07. The first-order valence-corrected chi connectivity index (χ1v) is 10.00. The van der Waals surface area contributed by atoms with Gasteiger partial charge >= 0.3 is 0 Å². The Balaban J connectivity index is 1.47. The third-order valence-corrected chi connectivity index (χ3v) is 6.16. The fourth-order valence-corrected chi connectivity index (χ4v) is 4.79. The number of thioether (sulfide) groups is 1. The van der Waals surface area contributed by atoms with Gasteiger partial charge in [0, 0.05) is 29.8 Å². The van der Waals surface area contributed by atoms with Crippen molar-refractivity contribution in [1.29, 1.82) is 0 Å². The van der Waals surface area contributed by atoms with Gasteiger partial charge in [0.2, 0.25) is 5.91 Å². The van der Waals surface area contributed by atoms with Gasteiger partial charge in [-0.3, -0.25) is 14.2 Å². The number of rotatable bonds is 4. The minimum absolute atomic E-state index is 0.0438. The van der Waals surface area contributed by atoms with Gasteiger partial charge in [-0.1, -0.05) is 17.8 Å². The van der Waals surface area contributed by atoms with E-state index in [1.54, 1.807) is 4.57 Å². The van der Waals surface area contributed by atoms with Gasteiger partial charge in [-0.25, -0.2) is 13.8 Å². The van der Waals surface area contributed by atoms with Crippen LogP contribution in [0.5, 0.6) is 0 Å². The van der Waals surface area contributed by atoms with Gasteiger partial charge in [0.25, 0.3) is 5.56 Å². The van der Waals surface area contributed by atoms with E-state index in [-0.39, 0.29) is 36.0 Å². The molecule has 4 rings (SSSR count). The first-order valence-electron chi connectivity index (χ1n) is 9.01. The Morgan fingerprint density at radius 3 is 2.78 bits per heavy atom. The van der Waals surface area contributed by atoms with Crippen LogP contribution >= 0.6 is 11.8 Å². The minimum Gasteiger partial charge on any atom is -0.352 e. The average molecular weight is 391 g/mol. The second-order valence-electron chi connectivity index (χ2n) is 6.85. The highest BCUT2D eigenvalue weighted by Crippen LogP contribution is 2.33. The number of amides is 1. The Kier molecular flexibility index (Phi) is 4.99. The van der Waals surface area contributed by atoms with E-state index in [0.717, 1.165) is 49.1 Å². The number of carbonyl (C=O) groups is 1. The van der Waals surface area contributed by atoms with Crippen LogP contribution in [0.2, 0.25) is 0 Å². The predicted molar refractivity (Wildman–Crippen MR) is 97.7 cm³/mol. The zero-order valence-electron chi connectivity index (χ0n) is 14.6. The van der Waals surface area contributed by atoms with E-state index < -0.39 is 11.6 Å². The molecule has 27 heavy (non-hydrogen) atoms. The molecule has 1 aromatic carbocycles. The number of nitrogens with one attached hydrogen (secondary N) is 1. The summed E-state index contributed by atoms with van der Waals surface area (Å²) in [5, 5.41) is 3.22. The third kappa shape index (κ3) is 3.50. The highest BCUT2D eigenvalue weighted by Gasteiger charge is 2.30. The van der Waals surface area contributed by atoms with Crippen molar-refractivity contribution in [3.8, 4) is 0 Å². The van der Waals surface area contributed by atoms with Crippen LogP contribution in [0.15, 0.2) is 28.2 Å². The predicted octanol–water partition coefficient (Wildman–Crippen LogP) is 2.75. The maximum Gasteiger partial charge on any atom is 0.257 e. The molecule has 1 N–H and O–H groups in total. The summed E-state index contributed by atoms with van der Waals surface area (Å²) in [5.41, 5.74) is 1.45. The molecule has 1 atom stereocenters. The lowest BCUT2D eigenvalue weighted by Crippen LogP contribution is -2.33. The van der Waals surface area contributed by atoms with Gasteiger partial charge in [0.05, 0.1) is 11.7 Å². The van der Waals surface area contributed by atoms with E-state index >= 15 is 0 Å². The number of aryl methyl sites for hydroxylation is 1. The fraction of sp³-hybridized carbons (Fsp3) is 0.421.